The van der Waals surface area contributed by atoms with Crippen LogP contribution in [0.25, 0.3) is 0 Å². The molecule has 10 heteroatoms. The number of likely N-dealkylation sites (N-methyl/N-ethyl adjacent to an activating group) is 1. The molecule has 202 valence electrons. The molecule has 0 saturated carbocycles. The zero-order valence-electron chi connectivity index (χ0n) is 22.3. The molecular weight excluding hydrogens is 463 g/mol. The lowest BCUT2D eigenvalue weighted by Crippen LogP contribution is -2.60. The number of carbonyl (C=O) groups is 3. The number of amides is 2. The lowest BCUT2D eigenvalue weighted by molar-refractivity contribution is -0.159. The highest BCUT2D eigenvalue weighted by Gasteiger charge is 2.41. The van der Waals surface area contributed by atoms with Gasteiger partial charge in [-0.05, 0) is 44.6 Å². The molecule has 1 fully saturated rings. The molecule has 1 saturated heterocycles. The summed E-state index contributed by atoms with van der Waals surface area (Å²) in [4.78, 5) is 41.5. The summed E-state index contributed by atoms with van der Waals surface area (Å²) in [6, 6.07) is -2.36. The smallest absolute Gasteiger partial charge is 0.401 e. The number of nitrogens with zero attached hydrogens (tertiary/aromatic N) is 2. The van der Waals surface area contributed by atoms with E-state index >= 15 is 0 Å². The fourth-order valence-corrected chi connectivity index (χ4v) is 4.27. The van der Waals surface area contributed by atoms with Crippen molar-refractivity contribution < 1.29 is 32.3 Å². The van der Waals surface area contributed by atoms with Crippen LogP contribution in [0.5, 0.6) is 0 Å². The van der Waals surface area contributed by atoms with Gasteiger partial charge in [0.25, 0.3) is 0 Å². The van der Waals surface area contributed by atoms with Crippen molar-refractivity contribution in [2.75, 3.05) is 26.7 Å². The van der Waals surface area contributed by atoms with E-state index in [1.807, 2.05) is 13.8 Å². The van der Waals surface area contributed by atoms with Gasteiger partial charge in [-0.3, -0.25) is 14.5 Å². The van der Waals surface area contributed by atoms with E-state index in [0.29, 0.717) is 24.8 Å². The molecule has 0 aromatic rings. The van der Waals surface area contributed by atoms with Crippen molar-refractivity contribution in [1.82, 2.24) is 15.1 Å². The van der Waals surface area contributed by atoms with Crippen molar-refractivity contribution in [3.8, 4) is 0 Å². The number of likely N-dealkylation sites (tertiary alicyclic amines) is 1. The van der Waals surface area contributed by atoms with Gasteiger partial charge < -0.3 is 15.0 Å². The number of alkyl halides is 3. The molecule has 1 aliphatic rings. The van der Waals surface area contributed by atoms with Crippen LogP contribution in [0.3, 0.4) is 0 Å². The van der Waals surface area contributed by atoms with Gasteiger partial charge in [0.15, 0.2) is 0 Å². The molecule has 3 atom stereocenters. The number of ether oxygens (including phenoxy) is 1. The Hall–Kier alpha value is -2.10. The lowest BCUT2D eigenvalue weighted by Gasteiger charge is -2.40. The summed E-state index contributed by atoms with van der Waals surface area (Å²) < 4.78 is 44.2. The number of carbonyl (C=O) groups excluding carboxylic acids is 3. The van der Waals surface area contributed by atoms with Gasteiger partial charge in [-0.15, -0.1) is 0 Å². The van der Waals surface area contributed by atoms with E-state index in [0.717, 1.165) is 4.90 Å². The summed E-state index contributed by atoms with van der Waals surface area (Å²) >= 11 is 0. The van der Waals surface area contributed by atoms with Crippen LogP contribution >= 0.6 is 0 Å². The second-order valence-corrected chi connectivity index (χ2v) is 10.7. The van der Waals surface area contributed by atoms with Crippen molar-refractivity contribution in [2.45, 2.75) is 92.0 Å². The summed E-state index contributed by atoms with van der Waals surface area (Å²) in [7, 11) is 1.60. The van der Waals surface area contributed by atoms with Gasteiger partial charge in [-0.2, -0.15) is 13.2 Å². The van der Waals surface area contributed by atoms with E-state index in [1.54, 1.807) is 47.7 Å². The number of halogens is 3. The molecule has 0 aromatic carbocycles. The second-order valence-electron chi connectivity index (χ2n) is 10.7. The van der Waals surface area contributed by atoms with Crippen LogP contribution in [0.15, 0.2) is 11.6 Å². The van der Waals surface area contributed by atoms with E-state index in [2.05, 4.69) is 5.32 Å². The van der Waals surface area contributed by atoms with Gasteiger partial charge in [-0.1, -0.05) is 47.1 Å². The van der Waals surface area contributed by atoms with Crippen LogP contribution in [-0.2, 0) is 19.1 Å². The maximum atomic E-state index is 13.6. The molecule has 1 N–H and O–H groups in total. The fourth-order valence-electron chi connectivity index (χ4n) is 4.27. The zero-order valence-corrected chi connectivity index (χ0v) is 22.3. The van der Waals surface area contributed by atoms with Crippen LogP contribution in [0.4, 0.5) is 13.2 Å². The summed E-state index contributed by atoms with van der Waals surface area (Å²) in [5, 5.41) is 2.76. The van der Waals surface area contributed by atoms with Gasteiger partial charge >= 0.3 is 12.1 Å². The van der Waals surface area contributed by atoms with Crippen LogP contribution < -0.4 is 5.32 Å². The third-order valence-electron chi connectivity index (χ3n) is 6.19. The Balaban J connectivity index is 3.17. The molecule has 0 bridgehead atoms. The topological polar surface area (TPSA) is 79.0 Å². The van der Waals surface area contributed by atoms with Gasteiger partial charge in [0.05, 0.1) is 25.2 Å². The second kappa shape index (κ2) is 12.7. The van der Waals surface area contributed by atoms with Crippen LogP contribution in [-0.4, -0.2) is 78.6 Å². The van der Waals surface area contributed by atoms with Gasteiger partial charge in [0.1, 0.15) is 6.04 Å². The Morgan fingerprint density at radius 2 is 1.77 bits per heavy atom. The highest BCUT2D eigenvalue weighted by Crippen LogP contribution is 2.27. The minimum Gasteiger partial charge on any atom is -0.463 e. The first-order valence-corrected chi connectivity index (χ1v) is 12.2. The van der Waals surface area contributed by atoms with Crippen molar-refractivity contribution in [3.05, 3.63) is 11.6 Å². The Labute approximate surface area is 207 Å². The molecule has 0 spiro atoms. The first-order valence-electron chi connectivity index (χ1n) is 12.2. The predicted molar refractivity (Wildman–Crippen MR) is 128 cm³/mol. The summed E-state index contributed by atoms with van der Waals surface area (Å²) in [5.74, 6) is -1.47. The molecule has 1 heterocycles. The Bertz CT molecular complexity index is 775. The molecule has 3 unspecified atom stereocenters. The fraction of sp³-hybridized carbons (Fsp3) is 0.800. The quantitative estimate of drug-likeness (QED) is 0.380. The summed E-state index contributed by atoms with van der Waals surface area (Å²) in [5.41, 5.74) is -0.335. The first kappa shape index (κ1) is 30.9. The largest absolute Gasteiger partial charge is 0.463 e. The summed E-state index contributed by atoms with van der Waals surface area (Å²) in [6.07, 6.45) is -1.20. The van der Waals surface area contributed by atoms with Crippen molar-refractivity contribution in [3.63, 3.8) is 0 Å². The minimum absolute atomic E-state index is 0.0507. The van der Waals surface area contributed by atoms with Crippen molar-refractivity contribution >= 4 is 17.8 Å². The maximum Gasteiger partial charge on any atom is 0.401 e. The Morgan fingerprint density at radius 1 is 1.17 bits per heavy atom. The maximum absolute atomic E-state index is 13.6. The molecule has 0 radical (unpaired) electrons. The molecule has 0 aliphatic carbocycles. The van der Waals surface area contributed by atoms with E-state index < -0.39 is 48.1 Å². The van der Waals surface area contributed by atoms with Crippen LogP contribution in [0.1, 0.15) is 67.7 Å². The Kier molecular flexibility index (Phi) is 11.3. The molecule has 1 rings (SSSR count). The van der Waals surface area contributed by atoms with Gasteiger partial charge in [0, 0.05) is 12.6 Å². The first-order chi connectivity index (χ1) is 16.0. The van der Waals surface area contributed by atoms with Crippen molar-refractivity contribution in [2.24, 2.45) is 11.3 Å². The lowest BCUT2D eigenvalue weighted by atomic mass is 9.84. The molecular formula is C25H42F3N3O4. The number of nitrogens with one attached hydrogen (secondary N) is 1. The van der Waals surface area contributed by atoms with Crippen molar-refractivity contribution in [1.29, 1.82) is 0 Å². The van der Waals surface area contributed by atoms with Gasteiger partial charge in [-0.25, -0.2) is 4.79 Å². The third kappa shape index (κ3) is 9.46. The number of hydrogen-bond donors (Lipinski definition) is 1. The molecule has 1 aliphatic heterocycles. The average Bonchev–Trinajstić information content (AvgIpc) is 2.72. The number of piperidine rings is 1. The number of esters is 1. The number of hydrogen-bond acceptors (Lipinski definition) is 5. The normalized spacial score (nSPS) is 19.8. The Morgan fingerprint density at radius 3 is 2.26 bits per heavy atom. The average molecular weight is 506 g/mol. The van der Waals surface area contributed by atoms with Crippen LogP contribution in [0.2, 0.25) is 0 Å². The van der Waals surface area contributed by atoms with E-state index in [-0.39, 0.29) is 25.0 Å². The zero-order chi connectivity index (χ0) is 27.1. The third-order valence-corrected chi connectivity index (χ3v) is 6.19. The monoisotopic (exact) mass is 505 g/mol. The van der Waals surface area contributed by atoms with E-state index in [1.165, 1.54) is 4.90 Å². The number of rotatable bonds is 9. The predicted octanol–water partition coefficient (Wildman–Crippen LogP) is 3.93. The standard InChI is InChI=1S/C25H42F3N3O4/c1-9-35-23(34)17(4)14-19(16(2)3)30(8)22(33)20(24(5,6)7)29-21(32)18-12-10-11-13-31(18)15-25(26,27)28/h14,16,18-20H,9-13,15H2,1-8H3,(H,29,32)/b17-14+. The minimum atomic E-state index is -4.41. The van der Waals surface area contributed by atoms with Gasteiger partial charge in [0.2, 0.25) is 11.8 Å². The molecule has 7 nitrogen and oxygen atoms in total. The molecule has 2 amide bonds. The highest BCUT2D eigenvalue weighted by molar-refractivity contribution is 5.91. The highest BCUT2D eigenvalue weighted by atomic mass is 19.4. The van der Waals surface area contributed by atoms with E-state index in [4.69, 9.17) is 4.74 Å². The molecule has 0 aromatic heterocycles. The SMILES string of the molecule is CCOC(=O)/C(C)=C/C(C(C)C)N(C)C(=O)C(NC(=O)C1CCCCN1CC(F)(F)F)C(C)(C)C. The molecule has 35 heavy (non-hydrogen) atoms. The van der Waals surface area contributed by atoms with Crippen LogP contribution in [0, 0.1) is 11.3 Å². The van der Waals surface area contributed by atoms with E-state index in [9.17, 15) is 27.6 Å². The summed E-state index contributed by atoms with van der Waals surface area (Å²) in [6.45, 7) is 11.8.